The van der Waals surface area contributed by atoms with E-state index in [2.05, 4.69) is 0 Å². The number of carbonyl (C=O) groups is 2. The number of aromatic nitrogens is 2. The van der Waals surface area contributed by atoms with Crippen LogP contribution in [0.25, 0.3) is 22.4 Å². The van der Waals surface area contributed by atoms with Crippen molar-refractivity contribution < 1.29 is 28.2 Å². The zero-order chi connectivity index (χ0) is 27.0. The lowest BCUT2D eigenvalue weighted by atomic mass is 9.98. The highest BCUT2D eigenvalue weighted by Crippen LogP contribution is 2.35. The molecule has 0 radical (unpaired) electrons. The van der Waals surface area contributed by atoms with Crippen LogP contribution in [0, 0.1) is 11.6 Å². The summed E-state index contributed by atoms with van der Waals surface area (Å²) in [6, 6.07) is 14.5. The SMILES string of the molecule is COC(=O)N1CCc2ccc3c(nc(-c4cccc(CC(=O)O)c4)n3[C@H](C)Cc3cc(F)cc(F)c3)c2C1. The second-order valence-corrected chi connectivity index (χ2v) is 9.62. The van der Waals surface area contributed by atoms with Crippen LogP contribution in [0.3, 0.4) is 0 Å². The van der Waals surface area contributed by atoms with Gasteiger partial charge in [-0.2, -0.15) is 0 Å². The normalized spacial score (nSPS) is 13.8. The first-order valence-electron chi connectivity index (χ1n) is 12.3. The molecule has 4 aromatic rings. The van der Waals surface area contributed by atoms with E-state index >= 15 is 0 Å². The summed E-state index contributed by atoms with van der Waals surface area (Å²) >= 11 is 0. The topological polar surface area (TPSA) is 84.7 Å². The van der Waals surface area contributed by atoms with Crippen LogP contribution in [0.15, 0.2) is 54.6 Å². The van der Waals surface area contributed by atoms with Gasteiger partial charge in [0.1, 0.15) is 17.5 Å². The van der Waals surface area contributed by atoms with Crippen LogP contribution in [0.1, 0.15) is 35.2 Å². The molecule has 0 fully saturated rings. The summed E-state index contributed by atoms with van der Waals surface area (Å²) in [5, 5.41) is 9.29. The third-order valence-corrected chi connectivity index (χ3v) is 6.93. The second-order valence-electron chi connectivity index (χ2n) is 9.62. The van der Waals surface area contributed by atoms with E-state index in [9.17, 15) is 23.5 Å². The lowest BCUT2D eigenvalue weighted by Crippen LogP contribution is -2.35. The fourth-order valence-electron chi connectivity index (χ4n) is 5.29. The number of methoxy groups -OCH3 is 1. The number of carboxylic acid groups (broad SMARTS) is 1. The Morgan fingerprint density at radius 1 is 1.08 bits per heavy atom. The summed E-state index contributed by atoms with van der Waals surface area (Å²) in [7, 11) is 1.35. The summed E-state index contributed by atoms with van der Waals surface area (Å²) in [5.74, 6) is -1.60. The van der Waals surface area contributed by atoms with E-state index < -0.39 is 23.7 Å². The van der Waals surface area contributed by atoms with Gasteiger partial charge >= 0.3 is 12.1 Å². The monoisotopic (exact) mass is 519 g/mol. The van der Waals surface area contributed by atoms with Gasteiger partial charge < -0.3 is 19.3 Å². The first-order chi connectivity index (χ1) is 18.2. The first-order valence-corrected chi connectivity index (χ1v) is 12.3. The summed E-state index contributed by atoms with van der Waals surface area (Å²) < 4.78 is 34.8. The van der Waals surface area contributed by atoms with E-state index in [1.165, 1.54) is 19.2 Å². The van der Waals surface area contributed by atoms with Gasteiger partial charge in [-0.25, -0.2) is 18.6 Å². The Labute approximate surface area is 218 Å². The van der Waals surface area contributed by atoms with Gasteiger partial charge in [0.05, 0.1) is 31.1 Å². The highest BCUT2D eigenvalue weighted by molar-refractivity contribution is 5.86. The number of halogens is 2. The predicted octanol–water partition coefficient (Wildman–Crippen LogP) is 5.54. The first kappa shape index (κ1) is 25.4. The number of ether oxygens (including phenoxy) is 1. The molecule has 1 amide bonds. The molecule has 1 atom stereocenters. The number of imidazole rings is 1. The number of hydrogen-bond acceptors (Lipinski definition) is 4. The molecule has 9 heteroatoms. The molecule has 7 nitrogen and oxygen atoms in total. The molecule has 0 aliphatic carbocycles. The largest absolute Gasteiger partial charge is 0.481 e. The Bertz CT molecular complexity index is 1530. The van der Waals surface area contributed by atoms with E-state index in [4.69, 9.17) is 9.72 Å². The molecule has 0 saturated carbocycles. The van der Waals surface area contributed by atoms with Crippen molar-refractivity contribution in [1.82, 2.24) is 14.5 Å². The number of hydrogen-bond donors (Lipinski definition) is 1. The number of nitrogens with zero attached hydrogens (tertiary/aromatic N) is 3. The predicted molar refractivity (Wildman–Crippen MR) is 138 cm³/mol. The number of carboxylic acids is 1. The maximum Gasteiger partial charge on any atom is 0.409 e. The van der Waals surface area contributed by atoms with E-state index in [-0.39, 0.29) is 12.5 Å². The maximum atomic E-state index is 13.9. The van der Waals surface area contributed by atoms with Crippen LogP contribution < -0.4 is 0 Å². The van der Waals surface area contributed by atoms with Gasteiger partial charge in [-0.1, -0.05) is 24.3 Å². The Morgan fingerprint density at radius 2 is 1.84 bits per heavy atom. The van der Waals surface area contributed by atoms with Crippen molar-refractivity contribution >= 4 is 23.1 Å². The molecule has 1 aliphatic rings. The van der Waals surface area contributed by atoms with Crippen LogP contribution in [-0.4, -0.2) is 45.3 Å². The third kappa shape index (κ3) is 4.96. The van der Waals surface area contributed by atoms with E-state index in [1.807, 2.05) is 29.7 Å². The molecular weight excluding hydrogens is 492 g/mol. The van der Waals surface area contributed by atoms with Gasteiger partial charge in [0, 0.05) is 29.8 Å². The molecule has 0 bridgehead atoms. The number of benzene rings is 3. The Balaban J connectivity index is 1.66. The molecule has 3 aromatic carbocycles. The lowest BCUT2D eigenvalue weighted by Gasteiger charge is -2.28. The van der Waals surface area contributed by atoms with Crippen LogP contribution >= 0.6 is 0 Å². The van der Waals surface area contributed by atoms with Gasteiger partial charge in [0.25, 0.3) is 0 Å². The molecule has 1 N–H and O–H groups in total. The minimum absolute atomic E-state index is 0.129. The van der Waals surface area contributed by atoms with Gasteiger partial charge in [-0.15, -0.1) is 0 Å². The summed E-state index contributed by atoms with van der Waals surface area (Å²) in [6.45, 7) is 2.84. The molecule has 196 valence electrons. The number of carbonyl (C=O) groups excluding carboxylic acids is 1. The van der Waals surface area contributed by atoms with Crippen LogP contribution in [-0.2, 0) is 35.3 Å². The summed E-state index contributed by atoms with van der Waals surface area (Å²) in [6.07, 6.45) is 0.466. The molecule has 2 heterocycles. The molecule has 0 spiro atoms. The van der Waals surface area contributed by atoms with Crippen molar-refractivity contribution in [2.24, 2.45) is 0 Å². The summed E-state index contributed by atoms with van der Waals surface area (Å²) in [5.41, 5.74) is 5.43. The fraction of sp³-hybridized carbons (Fsp3) is 0.276. The number of amides is 1. The quantitative estimate of drug-likeness (QED) is 0.362. The Hall–Kier alpha value is -4.27. The average Bonchev–Trinajstić information content (AvgIpc) is 3.27. The van der Waals surface area contributed by atoms with Crippen molar-refractivity contribution in [3.63, 3.8) is 0 Å². The number of fused-ring (bicyclic) bond motifs is 3. The van der Waals surface area contributed by atoms with E-state index in [0.717, 1.165) is 33.8 Å². The van der Waals surface area contributed by atoms with E-state index in [0.29, 0.717) is 42.9 Å². The molecular formula is C29H27F2N3O4. The van der Waals surface area contributed by atoms with Crippen LogP contribution in [0.2, 0.25) is 0 Å². The number of aliphatic carboxylic acids is 1. The minimum atomic E-state index is -0.936. The van der Waals surface area contributed by atoms with E-state index in [1.54, 1.807) is 23.1 Å². The molecule has 0 saturated heterocycles. The van der Waals surface area contributed by atoms with Gasteiger partial charge in [0.15, 0.2) is 0 Å². The zero-order valence-electron chi connectivity index (χ0n) is 21.1. The molecule has 5 rings (SSSR count). The Kier molecular flexibility index (Phi) is 6.84. The highest BCUT2D eigenvalue weighted by atomic mass is 19.1. The average molecular weight is 520 g/mol. The van der Waals surface area contributed by atoms with Gasteiger partial charge in [-0.3, -0.25) is 4.79 Å². The highest BCUT2D eigenvalue weighted by Gasteiger charge is 2.27. The van der Waals surface area contributed by atoms with Gasteiger partial charge in [-0.05, 0) is 60.7 Å². The maximum absolute atomic E-state index is 13.9. The van der Waals surface area contributed by atoms with Gasteiger partial charge in [0.2, 0.25) is 0 Å². The third-order valence-electron chi connectivity index (χ3n) is 6.93. The standard InChI is InChI=1S/C29H27F2N3O4/c1-17(10-19-12-22(30)15-23(31)13-19)34-25-7-6-20-8-9-33(29(37)38-2)16-24(20)27(25)32-28(34)21-5-3-4-18(11-21)14-26(35)36/h3-7,11-13,15,17H,8-10,14,16H2,1-2H3,(H,35,36)/t17-/m1/s1. The van der Waals surface area contributed by atoms with Crippen LogP contribution in [0.5, 0.6) is 0 Å². The minimum Gasteiger partial charge on any atom is -0.481 e. The second kappa shape index (κ2) is 10.2. The smallest absolute Gasteiger partial charge is 0.409 e. The molecule has 1 aliphatic heterocycles. The van der Waals surface area contributed by atoms with Crippen molar-refractivity contribution in [2.75, 3.05) is 13.7 Å². The van der Waals surface area contributed by atoms with Crippen molar-refractivity contribution in [2.45, 2.75) is 38.8 Å². The van der Waals surface area contributed by atoms with Crippen molar-refractivity contribution in [3.8, 4) is 11.4 Å². The zero-order valence-corrected chi connectivity index (χ0v) is 21.1. The lowest BCUT2D eigenvalue weighted by molar-refractivity contribution is -0.136. The van der Waals surface area contributed by atoms with Crippen LogP contribution in [0.4, 0.5) is 13.6 Å². The molecule has 1 aromatic heterocycles. The summed E-state index contributed by atoms with van der Waals surface area (Å²) in [4.78, 5) is 30.3. The number of rotatable bonds is 6. The Morgan fingerprint density at radius 3 is 2.55 bits per heavy atom. The fourth-order valence-corrected chi connectivity index (χ4v) is 5.29. The molecule has 0 unspecified atom stereocenters. The van der Waals surface area contributed by atoms with Crippen molar-refractivity contribution in [1.29, 1.82) is 0 Å². The molecule has 38 heavy (non-hydrogen) atoms. The van der Waals surface area contributed by atoms with Crippen molar-refractivity contribution in [3.05, 3.63) is 88.5 Å².